The zero-order chi connectivity index (χ0) is 14.9. The second-order valence-electron chi connectivity index (χ2n) is 4.18. The van der Waals surface area contributed by atoms with Crippen LogP contribution in [0.1, 0.15) is 5.56 Å². The SMILES string of the molecule is Nc1ccc(F)cc1S(=O)(=O)Cc1ccc(F)cc1Br. The largest absolute Gasteiger partial charge is 0.398 e. The average molecular weight is 362 g/mol. The second-order valence-corrected chi connectivity index (χ2v) is 6.99. The highest BCUT2D eigenvalue weighted by Gasteiger charge is 2.20. The van der Waals surface area contributed by atoms with Crippen LogP contribution in [0, 0.1) is 11.6 Å². The number of nitrogens with two attached hydrogens (primary N) is 1. The van der Waals surface area contributed by atoms with Crippen molar-refractivity contribution in [3.63, 3.8) is 0 Å². The van der Waals surface area contributed by atoms with Crippen LogP contribution in [0.4, 0.5) is 14.5 Å². The Hall–Kier alpha value is -1.47. The summed E-state index contributed by atoms with van der Waals surface area (Å²) in [6, 6.07) is 6.84. The number of hydrogen-bond acceptors (Lipinski definition) is 3. The highest BCUT2D eigenvalue weighted by atomic mass is 79.9. The maximum Gasteiger partial charge on any atom is 0.184 e. The van der Waals surface area contributed by atoms with Crippen molar-refractivity contribution in [3.05, 3.63) is 58.1 Å². The molecule has 0 bridgehead atoms. The predicted octanol–water partition coefficient (Wildman–Crippen LogP) is 3.28. The number of anilines is 1. The second kappa shape index (κ2) is 5.49. The number of halogens is 3. The number of rotatable bonds is 3. The normalized spacial score (nSPS) is 11.6. The fourth-order valence-corrected chi connectivity index (χ4v) is 3.91. The lowest BCUT2D eigenvalue weighted by Crippen LogP contribution is -2.09. The summed E-state index contributed by atoms with van der Waals surface area (Å²) in [5, 5.41) is 0. The van der Waals surface area contributed by atoms with Crippen LogP contribution in [0.5, 0.6) is 0 Å². The molecule has 0 aromatic heterocycles. The zero-order valence-electron chi connectivity index (χ0n) is 10.1. The van der Waals surface area contributed by atoms with Crippen molar-refractivity contribution < 1.29 is 17.2 Å². The summed E-state index contributed by atoms with van der Waals surface area (Å²) in [6.45, 7) is 0. The molecule has 0 saturated heterocycles. The Labute approximate surface area is 123 Å². The van der Waals surface area contributed by atoms with Gasteiger partial charge in [0, 0.05) is 4.47 Å². The molecule has 0 amide bonds. The molecule has 0 aliphatic rings. The molecule has 0 spiro atoms. The van der Waals surface area contributed by atoms with Gasteiger partial charge in [0.2, 0.25) is 0 Å². The van der Waals surface area contributed by atoms with Gasteiger partial charge in [0.05, 0.1) is 16.3 Å². The lowest BCUT2D eigenvalue weighted by Gasteiger charge is -2.09. The van der Waals surface area contributed by atoms with Gasteiger partial charge in [0.25, 0.3) is 0 Å². The summed E-state index contributed by atoms with van der Waals surface area (Å²) in [6.07, 6.45) is 0. The molecule has 0 atom stereocenters. The van der Waals surface area contributed by atoms with Gasteiger partial charge >= 0.3 is 0 Å². The molecule has 2 rings (SSSR count). The van der Waals surface area contributed by atoms with Crippen LogP contribution in [0.15, 0.2) is 45.8 Å². The molecule has 106 valence electrons. The monoisotopic (exact) mass is 361 g/mol. The Bertz CT molecular complexity index is 763. The first kappa shape index (κ1) is 14.9. The molecule has 0 fully saturated rings. The zero-order valence-corrected chi connectivity index (χ0v) is 12.5. The van der Waals surface area contributed by atoms with E-state index >= 15 is 0 Å². The van der Waals surface area contributed by atoms with Crippen LogP contribution in [0.25, 0.3) is 0 Å². The van der Waals surface area contributed by atoms with Gasteiger partial charge in [-0.1, -0.05) is 22.0 Å². The van der Waals surface area contributed by atoms with Crippen molar-refractivity contribution in [1.82, 2.24) is 0 Å². The first-order valence-corrected chi connectivity index (χ1v) is 7.96. The van der Waals surface area contributed by atoms with E-state index in [2.05, 4.69) is 15.9 Å². The van der Waals surface area contributed by atoms with Crippen LogP contribution in [-0.2, 0) is 15.6 Å². The van der Waals surface area contributed by atoms with Crippen LogP contribution < -0.4 is 5.73 Å². The van der Waals surface area contributed by atoms with E-state index in [1.54, 1.807) is 0 Å². The summed E-state index contributed by atoms with van der Waals surface area (Å²) >= 11 is 3.10. The molecule has 20 heavy (non-hydrogen) atoms. The van der Waals surface area contributed by atoms with Gasteiger partial charge in [-0.25, -0.2) is 17.2 Å². The van der Waals surface area contributed by atoms with Gasteiger partial charge in [-0.15, -0.1) is 0 Å². The fraction of sp³-hybridized carbons (Fsp3) is 0.0769. The lowest BCUT2D eigenvalue weighted by molar-refractivity contribution is 0.590. The maximum atomic E-state index is 13.2. The molecular formula is C13H10BrF2NO2S. The molecule has 2 aromatic rings. The summed E-state index contributed by atoms with van der Waals surface area (Å²) in [5.74, 6) is -1.57. The van der Waals surface area contributed by atoms with Crippen molar-refractivity contribution in [2.45, 2.75) is 10.6 Å². The minimum absolute atomic E-state index is 0.0235. The van der Waals surface area contributed by atoms with E-state index in [1.807, 2.05) is 0 Å². The highest BCUT2D eigenvalue weighted by molar-refractivity contribution is 9.10. The molecular weight excluding hydrogens is 352 g/mol. The number of nitrogen functional groups attached to an aromatic ring is 1. The summed E-state index contributed by atoms with van der Waals surface area (Å²) in [7, 11) is -3.82. The Morgan fingerprint density at radius 1 is 1.05 bits per heavy atom. The van der Waals surface area contributed by atoms with Gasteiger partial charge in [0.1, 0.15) is 11.6 Å². The van der Waals surface area contributed by atoms with Crippen molar-refractivity contribution in [2.24, 2.45) is 0 Å². The number of benzene rings is 2. The van der Waals surface area contributed by atoms with Crippen LogP contribution in [0.2, 0.25) is 0 Å². The molecule has 0 heterocycles. The molecule has 7 heteroatoms. The third-order valence-corrected chi connectivity index (χ3v) is 5.12. The van der Waals surface area contributed by atoms with Crippen molar-refractivity contribution in [1.29, 1.82) is 0 Å². The summed E-state index contributed by atoms with van der Waals surface area (Å²) in [5.41, 5.74) is 5.92. The molecule has 0 aliphatic heterocycles. The Balaban J connectivity index is 2.43. The van der Waals surface area contributed by atoms with Crippen LogP contribution >= 0.6 is 15.9 Å². The fourth-order valence-electron chi connectivity index (χ4n) is 1.70. The lowest BCUT2D eigenvalue weighted by atomic mass is 10.2. The van der Waals surface area contributed by atoms with Crippen molar-refractivity contribution in [2.75, 3.05) is 5.73 Å². The van der Waals surface area contributed by atoms with Crippen molar-refractivity contribution >= 4 is 31.5 Å². The van der Waals surface area contributed by atoms with Gasteiger partial charge < -0.3 is 5.73 Å². The standard InChI is InChI=1S/C13H10BrF2NO2S/c14-11-5-9(15)2-1-8(11)7-20(18,19)13-6-10(16)3-4-12(13)17/h1-6H,7,17H2. The van der Waals surface area contributed by atoms with Crippen molar-refractivity contribution in [3.8, 4) is 0 Å². The average Bonchev–Trinajstić information content (AvgIpc) is 2.35. The van der Waals surface area contributed by atoms with Gasteiger partial charge in [-0.2, -0.15) is 0 Å². The quantitative estimate of drug-likeness (QED) is 0.853. The van der Waals surface area contributed by atoms with Gasteiger partial charge in [-0.05, 0) is 35.9 Å². The van der Waals surface area contributed by atoms with Crippen LogP contribution in [0.3, 0.4) is 0 Å². The van der Waals surface area contributed by atoms with E-state index in [4.69, 9.17) is 5.73 Å². The third kappa shape index (κ3) is 3.16. The predicted molar refractivity (Wildman–Crippen MR) is 75.8 cm³/mol. The minimum atomic E-state index is -3.82. The van der Waals surface area contributed by atoms with Gasteiger partial charge in [-0.3, -0.25) is 0 Å². The van der Waals surface area contributed by atoms with E-state index in [0.29, 0.717) is 10.0 Å². The minimum Gasteiger partial charge on any atom is -0.398 e. The van der Waals surface area contributed by atoms with E-state index in [-0.39, 0.29) is 10.6 Å². The first-order chi connectivity index (χ1) is 9.29. The Morgan fingerprint density at radius 3 is 2.30 bits per heavy atom. The maximum absolute atomic E-state index is 13.2. The topological polar surface area (TPSA) is 60.2 Å². The van der Waals surface area contributed by atoms with Gasteiger partial charge in [0.15, 0.2) is 9.84 Å². The molecule has 2 aromatic carbocycles. The highest BCUT2D eigenvalue weighted by Crippen LogP contribution is 2.26. The molecule has 0 saturated carbocycles. The molecule has 2 N–H and O–H groups in total. The number of hydrogen-bond donors (Lipinski definition) is 1. The smallest absolute Gasteiger partial charge is 0.184 e. The molecule has 3 nitrogen and oxygen atoms in total. The molecule has 0 aliphatic carbocycles. The summed E-state index contributed by atoms with van der Waals surface area (Å²) < 4.78 is 51.0. The molecule has 0 radical (unpaired) electrons. The van der Waals surface area contributed by atoms with Crippen LogP contribution in [-0.4, -0.2) is 8.42 Å². The first-order valence-electron chi connectivity index (χ1n) is 5.51. The summed E-state index contributed by atoms with van der Waals surface area (Å²) in [4.78, 5) is -0.270. The third-order valence-electron chi connectivity index (χ3n) is 2.67. The van der Waals surface area contributed by atoms with E-state index in [9.17, 15) is 17.2 Å². The van der Waals surface area contributed by atoms with E-state index in [0.717, 1.165) is 18.2 Å². The Kier molecular flexibility index (Phi) is 4.10. The van der Waals surface area contributed by atoms with E-state index < -0.39 is 27.2 Å². The number of sulfone groups is 1. The Morgan fingerprint density at radius 2 is 1.65 bits per heavy atom. The van der Waals surface area contributed by atoms with E-state index in [1.165, 1.54) is 18.2 Å². The molecule has 0 unspecified atom stereocenters.